The number of rotatable bonds is 3. The highest BCUT2D eigenvalue weighted by Crippen LogP contribution is 2.17. The number of anilines is 2. The zero-order valence-corrected chi connectivity index (χ0v) is 11.0. The van der Waals surface area contributed by atoms with E-state index in [9.17, 15) is 0 Å². The second-order valence-electron chi connectivity index (χ2n) is 4.31. The van der Waals surface area contributed by atoms with Gasteiger partial charge in [-0.05, 0) is 31.2 Å². The largest absolute Gasteiger partial charge is 0.324 e. The van der Waals surface area contributed by atoms with Crippen molar-refractivity contribution in [3.63, 3.8) is 0 Å². The summed E-state index contributed by atoms with van der Waals surface area (Å²) < 4.78 is 0. The molecule has 0 aliphatic carbocycles. The number of pyridine rings is 1. The molecular weight excluding hydrogens is 250 g/mol. The molecule has 1 N–H and O–H groups in total. The first-order chi connectivity index (χ1) is 9.81. The number of aromatic nitrogens is 4. The van der Waals surface area contributed by atoms with E-state index < -0.39 is 0 Å². The van der Waals surface area contributed by atoms with Gasteiger partial charge in [-0.1, -0.05) is 18.2 Å². The Morgan fingerprint density at radius 3 is 2.60 bits per heavy atom. The summed E-state index contributed by atoms with van der Waals surface area (Å²) in [6.45, 7) is 1.94. The van der Waals surface area contributed by atoms with Crippen molar-refractivity contribution in [3.8, 4) is 11.4 Å². The van der Waals surface area contributed by atoms with Crippen LogP contribution in [-0.4, -0.2) is 19.9 Å². The van der Waals surface area contributed by atoms with Crippen molar-refractivity contribution in [2.24, 2.45) is 0 Å². The van der Waals surface area contributed by atoms with Crippen LogP contribution in [0.4, 0.5) is 11.6 Å². The van der Waals surface area contributed by atoms with Gasteiger partial charge < -0.3 is 5.32 Å². The number of aryl methyl sites for hydroxylation is 1. The number of benzene rings is 1. The molecule has 1 aromatic carbocycles. The predicted octanol–water partition coefficient (Wildman–Crippen LogP) is 2.99. The van der Waals surface area contributed by atoms with E-state index in [0.717, 1.165) is 16.9 Å². The minimum atomic E-state index is 0.524. The molecule has 0 atom stereocenters. The summed E-state index contributed by atoms with van der Waals surface area (Å²) in [5.41, 5.74) is 2.80. The Bertz CT molecular complexity index is 712. The average molecular weight is 263 g/mol. The highest BCUT2D eigenvalue weighted by Gasteiger charge is 2.04. The Labute approximate surface area is 116 Å². The molecule has 3 rings (SSSR count). The SMILES string of the molecule is Cc1cc(-c2ncnc(Nc3ccccc3)n2)ccn1. The molecule has 3 aromatic rings. The van der Waals surface area contributed by atoms with Crippen molar-refractivity contribution in [2.45, 2.75) is 6.92 Å². The fourth-order valence-electron chi connectivity index (χ4n) is 1.83. The summed E-state index contributed by atoms with van der Waals surface area (Å²) in [5, 5.41) is 3.15. The molecule has 20 heavy (non-hydrogen) atoms. The quantitative estimate of drug-likeness (QED) is 0.787. The highest BCUT2D eigenvalue weighted by atomic mass is 15.1. The lowest BCUT2D eigenvalue weighted by Crippen LogP contribution is -2.00. The average Bonchev–Trinajstić information content (AvgIpc) is 2.49. The normalized spacial score (nSPS) is 10.2. The lowest BCUT2D eigenvalue weighted by atomic mass is 10.2. The van der Waals surface area contributed by atoms with Gasteiger partial charge in [-0.15, -0.1) is 0 Å². The third kappa shape index (κ3) is 2.77. The monoisotopic (exact) mass is 263 g/mol. The maximum absolute atomic E-state index is 4.42. The van der Waals surface area contributed by atoms with Gasteiger partial charge in [-0.2, -0.15) is 4.98 Å². The topological polar surface area (TPSA) is 63.6 Å². The van der Waals surface area contributed by atoms with Crippen molar-refractivity contribution in [3.05, 3.63) is 60.7 Å². The summed E-state index contributed by atoms with van der Waals surface area (Å²) in [4.78, 5) is 16.9. The highest BCUT2D eigenvalue weighted by molar-refractivity contribution is 5.58. The molecule has 2 aromatic heterocycles. The van der Waals surface area contributed by atoms with Gasteiger partial charge >= 0.3 is 0 Å². The molecule has 0 fully saturated rings. The number of nitrogens with one attached hydrogen (secondary N) is 1. The van der Waals surface area contributed by atoms with Gasteiger partial charge in [0, 0.05) is 23.1 Å². The second-order valence-corrected chi connectivity index (χ2v) is 4.31. The van der Waals surface area contributed by atoms with Crippen LogP contribution < -0.4 is 5.32 Å². The molecule has 0 saturated carbocycles. The second kappa shape index (κ2) is 5.44. The van der Waals surface area contributed by atoms with Gasteiger partial charge in [0.1, 0.15) is 6.33 Å². The van der Waals surface area contributed by atoms with Crippen LogP contribution in [0.25, 0.3) is 11.4 Å². The summed E-state index contributed by atoms with van der Waals surface area (Å²) in [6, 6.07) is 13.6. The van der Waals surface area contributed by atoms with Crippen LogP contribution in [0.5, 0.6) is 0 Å². The Kier molecular flexibility index (Phi) is 3.33. The molecule has 0 unspecified atom stereocenters. The van der Waals surface area contributed by atoms with Gasteiger partial charge in [0.2, 0.25) is 5.95 Å². The molecule has 98 valence electrons. The molecule has 0 radical (unpaired) electrons. The Morgan fingerprint density at radius 1 is 0.950 bits per heavy atom. The smallest absolute Gasteiger partial charge is 0.230 e. The zero-order valence-electron chi connectivity index (χ0n) is 11.0. The van der Waals surface area contributed by atoms with E-state index in [1.54, 1.807) is 6.20 Å². The summed E-state index contributed by atoms with van der Waals surface area (Å²) in [5.74, 6) is 1.15. The van der Waals surface area contributed by atoms with Gasteiger partial charge in [0.05, 0.1) is 0 Å². The lowest BCUT2D eigenvalue weighted by molar-refractivity contribution is 1.06. The minimum absolute atomic E-state index is 0.524. The first-order valence-electron chi connectivity index (χ1n) is 6.25. The van der Waals surface area contributed by atoms with Crippen LogP contribution in [0.2, 0.25) is 0 Å². The molecule has 5 heteroatoms. The first kappa shape index (κ1) is 12.2. The fraction of sp³-hybridized carbons (Fsp3) is 0.0667. The van der Waals surface area contributed by atoms with E-state index in [0.29, 0.717) is 11.8 Å². The number of hydrogen-bond acceptors (Lipinski definition) is 5. The van der Waals surface area contributed by atoms with Crippen LogP contribution in [0.1, 0.15) is 5.69 Å². The fourth-order valence-corrected chi connectivity index (χ4v) is 1.83. The maximum Gasteiger partial charge on any atom is 0.230 e. The van der Waals surface area contributed by atoms with E-state index in [4.69, 9.17) is 0 Å². The molecule has 0 amide bonds. The first-order valence-corrected chi connectivity index (χ1v) is 6.25. The molecule has 0 bridgehead atoms. The molecule has 0 aliphatic rings. The molecule has 0 aliphatic heterocycles. The van der Waals surface area contributed by atoms with Crippen LogP contribution in [-0.2, 0) is 0 Å². The van der Waals surface area contributed by atoms with Gasteiger partial charge in [0.15, 0.2) is 5.82 Å². The van der Waals surface area contributed by atoms with Crippen molar-refractivity contribution in [1.29, 1.82) is 0 Å². The minimum Gasteiger partial charge on any atom is -0.324 e. The molecule has 0 saturated heterocycles. The van der Waals surface area contributed by atoms with Gasteiger partial charge in [-0.25, -0.2) is 9.97 Å². The molecule has 2 heterocycles. The molecule has 0 spiro atoms. The Hall–Kier alpha value is -2.82. The van der Waals surface area contributed by atoms with Crippen molar-refractivity contribution in [2.75, 3.05) is 5.32 Å². The Morgan fingerprint density at radius 2 is 1.80 bits per heavy atom. The Balaban J connectivity index is 1.90. The lowest BCUT2D eigenvalue weighted by Gasteiger charge is -2.06. The molecule has 5 nitrogen and oxygen atoms in total. The van der Waals surface area contributed by atoms with Crippen molar-refractivity contribution >= 4 is 11.6 Å². The van der Waals surface area contributed by atoms with Crippen LogP contribution in [0.3, 0.4) is 0 Å². The van der Waals surface area contributed by atoms with E-state index >= 15 is 0 Å². The van der Waals surface area contributed by atoms with Crippen LogP contribution >= 0.6 is 0 Å². The van der Waals surface area contributed by atoms with Gasteiger partial charge in [-0.3, -0.25) is 4.98 Å². The van der Waals surface area contributed by atoms with E-state index in [-0.39, 0.29) is 0 Å². The maximum atomic E-state index is 4.42. The van der Waals surface area contributed by atoms with Gasteiger partial charge in [0.25, 0.3) is 0 Å². The standard InChI is InChI=1S/C15H13N5/c1-11-9-12(7-8-16-11)14-17-10-18-15(20-14)19-13-5-3-2-4-6-13/h2-10H,1H3,(H,17,18,19,20). The van der Waals surface area contributed by atoms with E-state index in [1.165, 1.54) is 6.33 Å². The summed E-state index contributed by atoms with van der Waals surface area (Å²) in [6.07, 6.45) is 3.25. The number of nitrogens with zero attached hydrogens (tertiary/aromatic N) is 4. The predicted molar refractivity (Wildman–Crippen MR) is 77.5 cm³/mol. The van der Waals surface area contributed by atoms with Crippen molar-refractivity contribution < 1.29 is 0 Å². The summed E-state index contributed by atoms with van der Waals surface area (Å²) >= 11 is 0. The third-order valence-electron chi connectivity index (χ3n) is 2.76. The number of para-hydroxylation sites is 1. The summed E-state index contributed by atoms with van der Waals surface area (Å²) in [7, 11) is 0. The van der Waals surface area contributed by atoms with E-state index in [2.05, 4.69) is 25.3 Å². The molecular formula is C15H13N5. The van der Waals surface area contributed by atoms with Crippen LogP contribution in [0.15, 0.2) is 55.0 Å². The van der Waals surface area contributed by atoms with E-state index in [1.807, 2.05) is 49.4 Å². The third-order valence-corrected chi connectivity index (χ3v) is 2.76. The zero-order chi connectivity index (χ0) is 13.8. The van der Waals surface area contributed by atoms with Crippen molar-refractivity contribution in [1.82, 2.24) is 19.9 Å². The van der Waals surface area contributed by atoms with Crippen LogP contribution in [0, 0.1) is 6.92 Å². The number of hydrogen-bond donors (Lipinski definition) is 1.